The molecule has 7 nitrogen and oxygen atoms in total. The van der Waals surface area contributed by atoms with Crippen LogP contribution >= 0.6 is 0 Å². The van der Waals surface area contributed by atoms with Gasteiger partial charge in [0, 0.05) is 24.6 Å². The molecule has 3 aromatic rings. The van der Waals surface area contributed by atoms with Crippen molar-refractivity contribution >= 4 is 10.0 Å². The van der Waals surface area contributed by atoms with Gasteiger partial charge in [0.15, 0.2) is 0 Å². The van der Waals surface area contributed by atoms with Crippen molar-refractivity contribution in [3.05, 3.63) is 60.0 Å². The zero-order chi connectivity index (χ0) is 20.4. The molecular weight excluding hydrogens is 390 g/mol. The molecule has 152 valence electrons. The van der Waals surface area contributed by atoms with E-state index < -0.39 is 10.0 Å². The maximum atomic E-state index is 12.8. The standard InChI is InChI=1S/C21H23N3O4S/c1-15-3-9-19(10-4-15)29(25,26)24-13-11-17(12-14-24)21-22-20(23-28-21)16-5-7-18(27-2)8-6-16/h3-10,17H,11-14H2,1-2H3. The summed E-state index contributed by atoms with van der Waals surface area (Å²) in [6.07, 6.45) is 1.30. The molecule has 0 N–H and O–H groups in total. The summed E-state index contributed by atoms with van der Waals surface area (Å²) in [4.78, 5) is 4.86. The van der Waals surface area contributed by atoms with Gasteiger partial charge in [0.05, 0.1) is 12.0 Å². The van der Waals surface area contributed by atoms with Crippen molar-refractivity contribution in [2.24, 2.45) is 0 Å². The molecule has 1 aliphatic rings. The molecule has 0 aliphatic carbocycles. The SMILES string of the molecule is COc1ccc(-c2noc(C3CCN(S(=O)(=O)c4ccc(C)cc4)CC3)n2)cc1. The van der Waals surface area contributed by atoms with Crippen molar-refractivity contribution in [1.29, 1.82) is 0 Å². The first-order valence-electron chi connectivity index (χ1n) is 9.52. The highest BCUT2D eigenvalue weighted by Crippen LogP contribution is 2.31. The van der Waals surface area contributed by atoms with Crippen LogP contribution in [0.1, 0.15) is 30.2 Å². The minimum absolute atomic E-state index is 0.0546. The van der Waals surface area contributed by atoms with Crippen LogP contribution in [0.25, 0.3) is 11.4 Å². The molecule has 29 heavy (non-hydrogen) atoms. The van der Waals surface area contributed by atoms with Crippen molar-refractivity contribution < 1.29 is 17.7 Å². The van der Waals surface area contributed by atoms with Crippen LogP contribution in [-0.2, 0) is 10.0 Å². The predicted molar refractivity (Wildman–Crippen MR) is 108 cm³/mol. The van der Waals surface area contributed by atoms with Crippen molar-refractivity contribution in [2.45, 2.75) is 30.6 Å². The molecule has 0 atom stereocenters. The van der Waals surface area contributed by atoms with Crippen LogP contribution in [0, 0.1) is 6.92 Å². The van der Waals surface area contributed by atoms with Gasteiger partial charge in [-0.2, -0.15) is 9.29 Å². The predicted octanol–water partition coefficient (Wildman–Crippen LogP) is 3.62. The molecule has 1 aromatic heterocycles. The summed E-state index contributed by atoms with van der Waals surface area (Å²) in [5.41, 5.74) is 1.88. The molecule has 0 amide bonds. The third-order valence-corrected chi connectivity index (χ3v) is 7.16. The summed E-state index contributed by atoms with van der Waals surface area (Å²) in [6.45, 7) is 2.80. The van der Waals surface area contributed by atoms with Crippen LogP contribution < -0.4 is 4.74 Å². The lowest BCUT2D eigenvalue weighted by Crippen LogP contribution is -2.37. The number of rotatable bonds is 5. The smallest absolute Gasteiger partial charge is 0.243 e. The van der Waals surface area contributed by atoms with Gasteiger partial charge in [-0.3, -0.25) is 0 Å². The highest BCUT2D eigenvalue weighted by molar-refractivity contribution is 7.89. The Labute approximate surface area is 170 Å². The Bertz CT molecular complexity index is 1070. The van der Waals surface area contributed by atoms with Crippen LogP contribution in [-0.4, -0.2) is 43.1 Å². The van der Waals surface area contributed by atoms with Crippen molar-refractivity contribution in [3.8, 4) is 17.1 Å². The molecule has 1 fully saturated rings. The molecule has 2 heterocycles. The van der Waals surface area contributed by atoms with Crippen molar-refractivity contribution in [1.82, 2.24) is 14.4 Å². The number of nitrogens with zero attached hydrogens (tertiary/aromatic N) is 3. The molecule has 0 unspecified atom stereocenters. The monoisotopic (exact) mass is 413 g/mol. The fourth-order valence-corrected chi connectivity index (χ4v) is 4.93. The van der Waals surface area contributed by atoms with E-state index in [9.17, 15) is 8.42 Å². The number of aryl methyl sites for hydroxylation is 1. The molecule has 2 aromatic carbocycles. The van der Waals surface area contributed by atoms with Crippen molar-refractivity contribution in [3.63, 3.8) is 0 Å². The molecule has 8 heteroatoms. The third-order valence-electron chi connectivity index (χ3n) is 5.25. The molecule has 4 rings (SSSR count). The average molecular weight is 413 g/mol. The third kappa shape index (κ3) is 4.04. The van der Waals surface area contributed by atoms with Gasteiger partial charge in [0.1, 0.15) is 5.75 Å². The number of ether oxygens (including phenoxy) is 1. The molecule has 0 saturated carbocycles. The number of hydrogen-bond donors (Lipinski definition) is 0. The fourth-order valence-electron chi connectivity index (χ4n) is 3.46. The molecule has 0 radical (unpaired) electrons. The Morgan fingerprint density at radius 2 is 1.69 bits per heavy atom. The summed E-state index contributed by atoms with van der Waals surface area (Å²) in [7, 11) is -1.86. The second-order valence-corrected chi connectivity index (χ2v) is 9.11. The van der Waals surface area contributed by atoms with Crippen LogP contribution in [0.3, 0.4) is 0 Å². The largest absolute Gasteiger partial charge is 0.497 e. The van der Waals surface area contributed by atoms with Crippen LogP contribution in [0.15, 0.2) is 57.9 Å². The maximum absolute atomic E-state index is 12.8. The quantitative estimate of drug-likeness (QED) is 0.635. The van der Waals surface area contributed by atoms with E-state index in [1.165, 1.54) is 4.31 Å². The van der Waals surface area contributed by atoms with Crippen LogP contribution in [0.5, 0.6) is 5.75 Å². The second kappa shape index (κ2) is 7.96. The Kier molecular flexibility index (Phi) is 5.38. The van der Waals surface area contributed by atoms with E-state index >= 15 is 0 Å². The minimum Gasteiger partial charge on any atom is -0.497 e. The van der Waals surface area contributed by atoms with E-state index in [-0.39, 0.29) is 5.92 Å². The van der Waals surface area contributed by atoms with E-state index in [4.69, 9.17) is 9.26 Å². The lowest BCUT2D eigenvalue weighted by atomic mass is 9.98. The van der Waals surface area contributed by atoms with Crippen molar-refractivity contribution in [2.75, 3.05) is 20.2 Å². The topological polar surface area (TPSA) is 85.5 Å². The molecule has 0 spiro atoms. The van der Waals surface area contributed by atoms with Gasteiger partial charge in [0.25, 0.3) is 0 Å². The molecular formula is C21H23N3O4S. The summed E-state index contributed by atoms with van der Waals surface area (Å²) in [6, 6.07) is 14.4. The van der Waals surface area contributed by atoms with Gasteiger partial charge in [-0.05, 0) is 56.2 Å². The normalized spacial score (nSPS) is 16.1. The Morgan fingerprint density at radius 1 is 1.03 bits per heavy atom. The first-order chi connectivity index (χ1) is 14.0. The van der Waals surface area contributed by atoms with Gasteiger partial charge < -0.3 is 9.26 Å². The minimum atomic E-state index is -3.47. The summed E-state index contributed by atoms with van der Waals surface area (Å²) >= 11 is 0. The van der Waals surface area contributed by atoms with E-state index in [1.54, 1.807) is 19.2 Å². The average Bonchev–Trinajstić information content (AvgIpc) is 3.24. The summed E-state index contributed by atoms with van der Waals surface area (Å²) in [5, 5.41) is 4.08. The first kappa shape index (κ1) is 19.6. The van der Waals surface area contributed by atoms with E-state index in [1.807, 2.05) is 43.3 Å². The number of methoxy groups -OCH3 is 1. The number of piperidine rings is 1. The van der Waals surface area contributed by atoms with Crippen LogP contribution in [0.4, 0.5) is 0 Å². The number of aromatic nitrogens is 2. The summed E-state index contributed by atoms with van der Waals surface area (Å²) < 4.78 is 37.9. The van der Waals surface area contributed by atoms with Crippen LogP contribution in [0.2, 0.25) is 0 Å². The molecule has 1 saturated heterocycles. The number of hydrogen-bond acceptors (Lipinski definition) is 6. The zero-order valence-corrected chi connectivity index (χ0v) is 17.2. The van der Waals surface area contributed by atoms with Gasteiger partial charge in [-0.25, -0.2) is 8.42 Å². The highest BCUT2D eigenvalue weighted by Gasteiger charge is 2.32. The summed E-state index contributed by atoms with van der Waals surface area (Å²) in [5.74, 6) is 1.90. The molecule has 1 aliphatic heterocycles. The second-order valence-electron chi connectivity index (χ2n) is 7.18. The van der Waals surface area contributed by atoms with Gasteiger partial charge >= 0.3 is 0 Å². The van der Waals surface area contributed by atoms with Gasteiger partial charge in [-0.15, -0.1) is 0 Å². The number of sulfonamides is 1. The Morgan fingerprint density at radius 3 is 2.31 bits per heavy atom. The van der Waals surface area contributed by atoms with Gasteiger partial charge in [0.2, 0.25) is 21.7 Å². The lowest BCUT2D eigenvalue weighted by Gasteiger charge is -2.29. The Balaban J connectivity index is 1.43. The molecule has 0 bridgehead atoms. The zero-order valence-electron chi connectivity index (χ0n) is 16.4. The van der Waals surface area contributed by atoms with E-state index in [0.29, 0.717) is 42.5 Å². The lowest BCUT2D eigenvalue weighted by molar-refractivity contribution is 0.271. The Hall–Kier alpha value is -2.71. The van der Waals surface area contributed by atoms with E-state index in [0.717, 1.165) is 16.9 Å². The van der Waals surface area contributed by atoms with Gasteiger partial charge in [-0.1, -0.05) is 22.9 Å². The first-order valence-corrected chi connectivity index (χ1v) is 11.0. The highest BCUT2D eigenvalue weighted by atomic mass is 32.2. The van der Waals surface area contributed by atoms with E-state index in [2.05, 4.69) is 10.1 Å². The number of benzene rings is 2. The fraction of sp³-hybridized carbons (Fsp3) is 0.333. The maximum Gasteiger partial charge on any atom is 0.243 e.